The van der Waals surface area contributed by atoms with Gasteiger partial charge in [-0.3, -0.25) is 4.79 Å². The van der Waals surface area contributed by atoms with Gasteiger partial charge in [-0.05, 0) is 67.8 Å². The topological polar surface area (TPSA) is 64.9 Å². The molecule has 32 heavy (non-hydrogen) atoms. The van der Waals surface area contributed by atoms with E-state index in [1.807, 2.05) is 29.7 Å². The molecule has 6 heteroatoms. The summed E-state index contributed by atoms with van der Waals surface area (Å²) < 4.78 is 12.7. The van der Waals surface area contributed by atoms with Crippen molar-refractivity contribution in [3.05, 3.63) is 77.1 Å². The molecule has 0 aliphatic carbocycles. The number of hydrogen-bond acceptors (Lipinski definition) is 4. The third-order valence-electron chi connectivity index (χ3n) is 5.67. The van der Waals surface area contributed by atoms with E-state index in [1.165, 1.54) is 11.1 Å². The molecule has 0 aliphatic rings. The smallest absolute Gasteiger partial charge is 0.230 e. The summed E-state index contributed by atoms with van der Waals surface area (Å²) in [5.41, 5.74) is 7.55. The quantitative estimate of drug-likeness (QED) is 0.462. The van der Waals surface area contributed by atoms with E-state index >= 15 is 0 Å². The third-order valence-corrected chi connectivity index (χ3v) is 5.67. The first-order valence-corrected chi connectivity index (χ1v) is 10.5. The number of pyridine rings is 1. The Bertz CT molecular complexity index is 1310. The van der Waals surface area contributed by atoms with Crippen LogP contribution in [0.1, 0.15) is 22.4 Å². The van der Waals surface area contributed by atoms with Gasteiger partial charge in [0, 0.05) is 17.8 Å². The van der Waals surface area contributed by atoms with Crippen molar-refractivity contribution in [1.29, 1.82) is 0 Å². The van der Waals surface area contributed by atoms with Gasteiger partial charge in [0.1, 0.15) is 17.1 Å². The Hall–Kier alpha value is -3.80. The van der Waals surface area contributed by atoms with Gasteiger partial charge in [0.2, 0.25) is 5.91 Å². The number of carbonyl (C=O) groups excluding carboxylic acids is 1. The fraction of sp³-hybridized carbons (Fsp3) is 0.231. The highest BCUT2D eigenvalue weighted by Crippen LogP contribution is 2.30. The number of imidazole rings is 1. The third kappa shape index (κ3) is 4.17. The monoisotopic (exact) mass is 429 g/mol. The Labute approximate surface area is 187 Å². The number of aryl methyl sites for hydroxylation is 3. The summed E-state index contributed by atoms with van der Waals surface area (Å²) in [6.07, 6.45) is 2.13. The molecule has 0 fully saturated rings. The van der Waals surface area contributed by atoms with E-state index in [0.717, 1.165) is 28.2 Å². The molecule has 0 atom stereocenters. The minimum Gasteiger partial charge on any atom is -0.497 e. The van der Waals surface area contributed by atoms with Crippen LogP contribution >= 0.6 is 0 Å². The van der Waals surface area contributed by atoms with Crippen LogP contribution in [0.15, 0.2) is 54.7 Å². The van der Waals surface area contributed by atoms with Gasteiger partial charge >= 0.3 is 0 Å². The van der Waals surface area contributed by atoms with Crippen molar-refractivity contribution in [2.45, 2.75) is 27.2 Å². The number of benzene rings is 2. The molecule has 0 unspecified atom stereocenters. The van der Waals surface area contributed by atoms with Crippen molar-refractivity contribution in [1.82, 2.24) is 9.38 Å². The molecule has 4 aromatic rings. The largest absolute Gasteiger partial charge is 0.497 e. The van der Waals surface area contributed by atoms with Crippen LogP contribution < -0.4 is 14.8 Å². The van der Waals surface area contributed by atoms with Crippen LogP contribution in [0.3, 0.4) is 0 Å². The minimum atomic E-state index is -0.163. The van der Waals surface area contributed by atoms with E-state index in [4.69, 9.17) is 14.5 Å². The second-order valence-corrected chi connectivity index (χ2v) is 7.93. The predicted octanol–water partition coefficient (Wildman–Crippen LogP) is 5.12. The van der Waals surface area contributed by atoms with Gasteiger partial charge in [0.15, 0.2) is 0 Å². The molecule has 0 spiro atoms. The summed E-state index contributed by atoms with van der Waals surface area (Å²) in [5.74, 6) is 1.05. The number of aromatic nitrogens is 2. The number of nitrogens with one attached hydrogen (secondary N) is 1. The van der Waals surface area contributed by atoms with E-state index in [9.17, 15) is 4.79 Å². The van der Waals surface area contributed by atoms with Crippen LogP contribution in [-0.2, 0) is 11.2 Å². The lowest BCUT2D eigenvalue weighted by atomic mass is 10.0. The molecule has 164 valence electrons. The van der Waals surface area contributed by atoms with E-state index in [1.54, 1.807) is 32.4 Å². The maximum Gasteiger partial charge on any atom is 0.230 e. The van der Waals surface area contributed by atoms with E-state index in [2.05, 4.69) is 37.4 Å². The summed E-state index contributed by atoms with van der Waals surface area (Å²) in [7, 11) is 3.16. The molecule has 1 amide bonds. The number of amides is 1. The first kappa shape index (κ1) is 21.4. The molecular weight excluding hydrogens is 402 g/mol. The molecule has 0 aliphatic heterocycles. The fourth-order valence-electron chi connectivity index (χ4n) is 3.74. The van der Waals surface area contributed by atoms with Crippen LogP contribution in [-0.4, -0.2) is 29.5 Å². The Balaban J connectivity index is 1.73. The minimum absolute atomic E-state index is 0.160. The van der Waals surface area contributed by atoms with Crippen LogP contribution in [0, 0.1) is 20.8 Å². The molecular formula is C26H27N3O3. The highest BCUT2D eigenvalue weighted by molar-refractivity contribution is 5.94. The summed E-state index contributed by atoms with van der Waals surface area (Å²) in [6.45, 7) is 6.20. The van der Waals surface area contributed by atoms with Gasteiger partial charge in [0.25, 0.3) is 0 Å². The second kappa shape index (κ2) is 8.75. The Morgan fingerprint density at radius 1 is 0.969 bits per heavy atom. The standard InChI is InChI=1S/C26H27N3O3/c1-16-10-11-29-22(15-25(30)27-21-14-20(31-4)8-9-23(21)32-5)26(28-24(29)12-16)19-7-6-17(2)18(3)13-19/h6-14H,15H2,1-5H3,(H,27,30). The van der Waals surface area contributed by atoms with E-state index in [-0.39, 0.29) is 12.3 Å². The van der Waals surface area contributed by atoms with Gasteiger partial charge in [0.05, 0.1) is 37.7 Å². The summed E-state index contributed by atoms with van der Waals surface area (Å²) in [5, 5.41) is 2.96. The Morgan fingerprint density at radius 2 is 1.78 bits per heavy atom. The first-order valence-electron chi connectivity index (χ1n) is 10.5. The maximum atomic E-state index is 13.1. The Morgan fingerprint density at radius 3 is 2.50 bits per heavy atom. The lowest BCUT2D eigenvalue weighted by Crippen LogP contribution is -2.16. The van der Waals surface area contributed by atoms with Crippen LogP contribution in [0.5, 0.6) is 11.5 Å². The zero-order valence-corrected chi connectivity index (χ0v) is 19.0. The average Bonchev–Trinajstić information content (AvgIpc) is 3.12. The summed E-state index contributed by atoms with van der Waals surface area (Å²) in [6, 6.07) is 15.6. The highest BCUT2D eigenvalue weighted by atomic mass is 16.5. The van der Waals surface area contributed by atoms with Crippen molar-refractivity contribution in [3.8, 4) is 22.8 Å². The number of hydrogen-bond donors (Lipinski definition) is 1. The number of ether oxygens (including phenoxy) is 2. The van der Waals surface area contributed by atoms with E-state index < -0.39 is 0 Å². The van der Waals surface area contributed by atoms with Crippen molar-refractivity contribution in [2.75, 3.05) is 19.5 Å². The molecule has 1 N–H and O–H groups in total. The summed E-state index contributed by atoms with van der Waals surface area (Å²) in [4.78, 5) is 18.0. The Kier molecular flexibility index (Phi) is 5.86. The number of carbonyl (C=O) groups is 1. The van der Waals surface area contributed by atoms with Crippen molar-refractivity contribution < 1.29 is 14.3 Å². The van der Waals surface area contributed by atoms with Gasteiger partial charge in [-0.2, -0.15) is 0 Å². The molecule has 2 aromatic heterocycles. The number of nitrogens with zero attached hydrogens (tertiary/aromatic N) is 2. The first-order chi connectivity index (χ1) is 15.4. The van der Waals surface area contributed by atoms with Crippen LogP contribution in [0.2, 0.25) is 0 Å². The highest BCUT2D eigenvalue weighted by Gasteiger charge is 2.19. The molecule has 6 nitrogen and oxygen atoms in total. The van der Waals surface area contributed by atoms with Crippen molar-refractivity contribution in [3.63, 3.8) is 0 Å². The number of fused-ring (bicyclic) bond motifs is 1. The fourth-order valence-corrected chi connectivity index (χ4v) is 3.74. The van der Waals surface area contributed by atoms with Gasteiger partial charge in [-0.25, -0.2) is 4.98 Å². The van der Waals surface area contributed by atoms with Crippen LogP contribution in [0.25, 0.3) is 16.9 Å². The molecule has 0 bridgehead atoms. The molecule has 2 heterocycles. The summed E-state index contributed by atoms with van der Waals surface area (Å²) >= 11 is 0. The lowest BCUT2D eigenvalue weighted by Gasteiger charge is -2.12. The molecule has 2 aromatic carbocycles. The van der Waals surface area contributed by atoms with Crippen molar-refractivity contribution >= 4 is 17.2 Å². The zero-order chi connectivity index (χ0) is 22.8. The zero-order valence-electron chi connectivity index (χ0n) is 19.0. The maximum absolute atomic E-state index is 13.1. The molecule has 0 radical (unpaired) electrons. The molecule has 0 saturated heterocycles. The van der Waals surface area contributed by atoms with E-state index in [0.29, 0.717) is 17.2 Å². The predicted molar refractivity (Wildman–Crippen MR) is 127 cm³/mol. The van der Waals surface area contributed by atoms with Gasteiger partial charge < -0.3 is 19.2 Å². The van der Waals surface area contributed by atoms with Crippen molar-refractivity contribution in [2.24, 2.45) is 0 Å². The SMILES string of the molecule is COc1ccc(OC)c(NC(=O)Cc2c(-c3ccc(C)c(C)c3)nc3cc(C)ccn23)c1. The average molecular weight is 430 g/mol. The normalized spacial score (nSPS) is 10.9. The van der Waals surface area contributed by atoms with Gasteiger partial charge in [-0.15, -0.1) is 0 Å². The second-order valence-electron chi connectivity index (χ2n) is 7.93. The lowest BCUT2D eigenvalue weighted by molar-refractivity contribution is -0.115. The van der Waals surface area contributed by atoms with Gasteiger partial charge in [-0.1, -0.05) is 12.1 Å². The number of anilines is 1. The van der Waals surface area contributed by atoms with Crippen LogP contribution in [0.4, 0.5) is 5.69 Å². The molecule has 0 saturated carbocycles. The number of rotatable bonds is 6. The number of methoxy groups -OCH3 is 2. The molecule has 4 rings (SSSR count).